The van der Waals surface area contributed by atoms with Gasteiger partial charge in [0.25, 0.3) is 0 Å². The standard InChI is InChI=1S/C13H14N2O2S2/c1-19(16,17)11-7-5-6-10-12(11)14-13(18-10)15-8-3-2-4-9-15/h2-3,5-7H,4,8-9H2,1H3. The second-order valence-corrected chi connectivity index (χ2v) is 7.57. The van der Waals surface area contributed by atoms with Crippen LogP contribution in [0.1, 0.15) is 6.42 Å². The Balaban J connectivity index is 2.13. The molecule has 2 aromatic rings. The van der Waals surface area contributed by atoms with E-state index < -0.39 is 9.84 Å². The van der Waals surface area contributed by atoms with E-state index >= 15 is 0 Å². The van der Waals surface area contributed by atoms with E-state index in [4.69, 9.17) is 0 Å². The van der Waals surface area contributed by atoms with Crippen LogP contribution >= 0.6 is 11.3 Å². The van der Waals surface area contributed by atoms with Gasteiger partial charge >= 0.3 is 0 Å². The fraction of sp³-hybridized carbons (Fsp3) is 0.308. The number of nitrogens with zero attached hydrogens (tertiary/aromatic N) is 2. The van der Waals surface area contributed by atoms with Crippen LogP contribution in [0.2, 0.25) is 0 Å². The van der Waals surface area contributed by atoms with Gasteiger partial charge in [-0.3, -0.25) is 0 Å². The van der Waals surface area contributed by atoms with Crippen molar-refractivity contribution in [3.8, 4) is 0 Å². The molecule has 0 fully saturated rings. The van der Waals surface area contributed by atoms with Crippen LogP contribution < -0.4 is 4.90 Å². The number of rotatable bonds is 2. The number of sulfone groups is 1. The molecule has 3 rings (SSSR count). The van der Waals surface area contributed by atoms with Crippen molar-refractivity contribution in [2.24, 2.45) is 0 Å². The summed E-state index contributed by atoms with van der Waals surface area (Å²) < 4.78 is 24.5. The monoisotopic (exact) mass is 294 g/mol. The molecule has 19 heavy (non-hydrogen) atoms. The molecule has 0 aliphatic carbocycles. The maximum absolute atomic E-state index is 11.8. The smallest absolute Gasteiger partial charge is 0.186 e. The quantitative estimate of drug-likeness (QED) is 0.798. The summed E-state index contributed by atoms with van der Waals surface area (Å²) in [5.74, 6) is 0. The molecule has 0 unspecified atom stereocenters. The summed E-state index contributed by atoms with van der Waals surface area (Å²) in [6.07, 6.45) is 6.51. The Hall–Kier alpha value is -1.40. The van der Waals surface area contributed by atoms with Crippen LogP contribution in [0.25, 0.3) is 10.2 Å². The second kappa shape index (κ2) is 4.61. The third kappa shape index (κ3) is 2.37. The molecule has 1 aromatic carbocycles. The molecule has 0 N–H and O–H groups in total. The summed E-state index contributed by atoms with van der Waals surface area (Å²) in [6.45, 7) is 1.78. The highest BCUT2D eigenvalue weighted by molar-refractivity contribution is 7.91. The minimum Gasteiger partial charge on any atom is -0.344 e. The van der Waals surface area contributed by atoms with Crippen molar-refractivity contribution >= 4 is 36.5 Å². The normalized spacial score (nSPS) is 16.2. The first-order chi connectivity index (χ1) is 9.05. The lowest BCUT2D eigenvalue weighted by Gasteiger charge is -2.21. The minimum atomic E-state index is -3.24. The van der Waals surface area contributed by atoms with Crippen molar-refractivity contribution in [3.63, 3.8) is 0 Å². The Kier molecular flexibility index (Phi) is 3.06. The number of thiazole rings is 1. The predicted molar refractivity (Wildman–Crippen MR) is 78.7 cm³/mol. The van der Waals surface area contributed by atoms with Gasteiger partial charge in [0.05, 0.1) is 9.60 Å². The number of aromatic nitrogens is 1. The third-order valence-corrected chi connectivity index (χ3v) is 5.31. The van der Waals surface area contributed by atoms with Crippen LogP contribution in [0, 0.1) is 0 Å². The maximum Gasteiger partial charge on any atom is 0.186 e. The van der Waals surface area contributed by atoms with E-state index in [9.17, 15) is 8.42 Å². The molecule has 1 aromatic heterocycles. The van der Waals surface area contributed by atoms with E-state index in [1.807, 2.05) is 6.07 Å². The molecule has 0 saturated heterocycles. The van der Waals surface area contributed by atoms with Gasteiger partial charge in [0.1, 0.15) is 5.52 Å². The molecule has 100 valence electrons. The fourth-order valence-electron chi connectivity index (χ4n) is 2.16. The number of hydrogen-bond acceptors (Lipinski definition) is 5. The van der Waals surface area contributed by atoms with Gasteiger partial charge in [-0.2, -0.15) is 0 Å². The summed E-state index contributed by atoms with van der Waals surface area (Å²) in [5.41, 5.74) is 0.597. The number of hydrogen-bond donors (Lipinski definition) is 0. The molecule has 6 heteroatoms. The van der Waals surface area contributed by atoms with E-state index in [-0.39, 0.29) is 0 Å². The van der Waals surface area contributed by atoms with E-state index in [0.717, 1.165) is 29.3 Å². The molecule has 0 bridgehead atoms. The van der Waals surface area contributed by atoms with Gasteiger partial charge in [-0.05, 0) is 18.6 Å². The highest BCUT2D eigenvalue weighted by Crippen LogP contribution is 2.33. The average molecular weight is 294 g/mol. The number of fused-ring (bicyclic) bond motifs is 1. The lowest BCUT2D eigenvalue weighted by molar-refractivity contribution is 0.602. The molecular formula is C13H14N2O2S2. The highest BCUT2D eigenvalue weighted by atomic mass is 32.2. The van der Waals surface area contributed by atoms with Crippen molar-refractivity contribution in [2.75, 3.05) is 24.2 Å². The SMILES string of the molecule is CS(=O)(=O)c1cccc2sc(N3CC=CCC3)nc12. The Morgan fingerprint density at radius 3 is 2.84 bits per heavy atom. The number of benzene rings is 1. The summed E-state index contributed by atoms with van der Waals surface area (Å²) in [5, 5.41) is 0.899. The molecule has 4 nitrogen and oxygen atoms in total. The molecule has 0 radical (unpaired) electrons. The minimum absolute atomic E-state index is 0.319. The second-order valence-electron chi connectivity index (χ2n) is 4.58. The molecular weight excluding hydrogens is 280 g/mol. The molecule has 0 spiro atoms. The molecule has 0 atom stereocenters. The third-order valence-electron chi connectivity index (χ3n) is 3.10. The zero-order valence-corrected chi connectivity index (χ0v) is 12.2. The Labute approximate surface area is 116 Å². The van der Waals surface area contributed by atoms with E-state index in [1.165, 1.54) is 6.26 Å². The number of anilines is 1. The van der Waals surface area contributed by atoms with Crippen molar-refractivity contribution < 1.29 is 8.42 Å². The Morgan fingerprint density at radius 2 is 2.16 bits per heavy atom. The lowest BCUT2D eigenvalue weighted by atomic mass is 10.3. The van der Waals surface area contributed by atoms with Crippen LogP contribution in [-0.4, -0.2) is 32.7 Å². The van der Waals surface area contributed by atoms with E-state index in [0.29, 0.717) is 10.4 Å². The summed E-state index contributed by atoms with van der Waals surface area (Å²) >= 11 is 1.55. The van der Waals surface area contributed by atoms with Crippen LogP contribution in [0.5, 0.6) is 0 Å². The van der Waals surface area contributed by atoms with Crippen LogP contribution in [0.4, 0.5) is 5.13 Å². The van der Waals surface area contributed by atoms with Gasteiger partial charge in [0.15, 0.2) is 15.0 Å². The molecule has 1 aliphatic heterocycles. The van der Waals surface area contributed by atoms with Gasteiger partial charge in [-0.25, -0.2) is 13.4 Å². The van der Waals surface area contributed by atoms with Crippen LogP contribution in [-0.2, 0) is 9.84 Å². The summed E-state index contributed by atoms with van der Waals surface area (Å²) in [7, 11) is -3.24. The predicted octanol–water partition coefficient (Wildman–Crippen LogP) is 2.47. The first-order valence-corrected chi connectivity index (χ1v) is 8.76. The van der Waals surface area contributed by atoms with Gasteiger partial charge in [0.2, 0.25) is 0 Å². The van der Waals surface area contributed by atoms with Crippen molar-refractivity contribution in [1.29, 1.82) is 0 Å². The van der Waals surface area contributed by atoms with Crippen molar-refractivity contribution in [2.45, 2.75) is 11.3 Å². The molecule has 0 amide bonds. The van der Waals surface area contributed by atoms with Gasteiger partial charge in [0, 0.05) is 19.3 Å². The van der Waals surface area contributed by atoms with E-state index in [2.05, 4.69) is 22.0 Å². The van der Waals surface area contributed by atoms with Crippen LogP contribution in [0.15, 0.2) is 35.2 Å². The zero-order chi connectivity index (χ0) is 13.5. The lowest BCUT2D eigenvalue weighted by Crippen LogP contribution is -2.26. The molecule has 2 heterocycles. The largest absolute Gasteiger partial charge is 0.344 e. The zero-order valence-electron chi connectivity index (χ0n) is 10.5. The highest BCUT2D eigenvalue weighted by Gasteiger charge is 2.18. The number of para-hydroxylation sites is 1. The van der Waals surface area contributed by atoms with Crippen molar-refractivity contribution in [3.05, 3.63) is 30.4 Å². The van der Waals surface area contributed by atoms with Gasteiger partial charge in [-0.15, -0.1) is 0 Å². The first-order valence-electron chi connectivity index (χ1n) is 6.05. The molecule has 0 saturated carbocycles. The summed E-state index contributed by atoms with van der Waals surface area (Å²) in [4.78, 5) is 7.03. The first kappa shape index (κ1) is 12.6. The molecule has 1 aliphatic rings. The van der Waals surface area contributed by atoms with Crippen molar-refractivity contribution in [1.82, 2.24) is 4.98 Å². The van der Waals surface area contributed by atoms with Gasteiger partial charge in [-0.1, -0.05) is 29.6 Å². The maximum atomic E-state index is 11.8. The Bertz CT molecular complexity index is 747. The average Bonchev–Trinajstić information content (AvgIpc) is 2.82. The summed E-state index contributed by atoms with van der Waals surface area (Å²) in [6, 6.07) is 5.32. The topological polar surface area (TPSA) is 50.3 Å². The Morgan fingerprint density at radius 1 is 1.32 bits per heavy atom. The fourth-order valence-corrected chi connectivity index (χ4v) is 4.09. The van der Waals surface area contributed by atoms with Gasteiger partial charge < -0.3 is 4.90 Å². The van der Waals surface area contributed by atoms with E-state index in [1.54, 1.807) is 23.5 Å². The van der Waals surface area contributed by atoms with Crippen LogP contribution in [0.3, 0.4) is 0 Å².